The van der Waals surface area contributed by atoms with E-state index in [4.69, 9.17) is 4.74 Å². The van der Waals surface area contributed by atoms with Crippen LogP contribution in [0.25, 0.3) is 0 Å². The van der Waals surface area contributed by atoms with Crippen LogP contribution in [0.15, 0.2) is 49.6 Å². The number of nitrogens with zero attached hydrogens (tertiary/aromatic N) is 1. The van der Waals surface area contributed by atoms with Gasteiger partial charge in [0.25, 0.3) is 0 Å². The van der Waals surface area contributed by atoms with Crippen molar-refractivity contribution in [2.24, 2.45) is 0 Å². The summed E-state index contributed by atoms with van der Waals surface area (Å²) in [6.07, 6.45) is 3.64. The zero-order valence-electron chi connectivity index (χ0n) is 10.8. The van der Waals surface area contributed by atoms with Crippen LogP contribution in [0.5, 0.6) is 0 Å². The fourth-order valence-electron chi connectivity index (χ4n) is 1.64. The quantitative estimate of drug-likeness (QED) is 0.546. The van der Waals surface area contributed by atoms with Crippen molar-refractivity contribution < 1.29 is 9.53 Å². The van der Waals surface area contributed by atoms with Gasteiger partial charge in [0, 0.05) is 18.8 Å². The van der Waals surface area contributed by atoms with Gasteiger partial charge in [-0.05, 0) is 25.1 Å². The molecule has 0 fully saturated rings. The number of anilines is 1. The third-order valence-electron chi connectivity index (χ3n) is 2.42. The Morgan fingerprint density at radius 1 is 1.33 bits per heavy atom. The lowest BCUT2D eigenvalue weighted by molar-refractivity contribution is 0.0526. The molecule has 0 unspecified atom stereocenters. The Labute approximate surface area is 108 Å². The van der Waals surface area contributed by atoms with Crippen LogP contribution in [0.3, 0.4) is 0 Å². The van der Waals surface area contributed by atoms with Gasteiger partial charge in [-0.25, -0.2) is 4.79 Å². The number of hydrogen-bond donors (Lipinski definition) is 0. The molecular weight excluding hydrogens is 226 g/mol. The van der Waals surface area contributed by atoms with Crippen molar-refractivity contribution >= 4 is 11.7 Å². The minimum Gasteiger partial charge on any atom is -0.462 e. The molecule has 0 aliphatic heterocycles. The van der Waals surface area contributed by atoms with Gasteiger partial charge >= 0.3 is 5.97 Å². The monoisotopic (exact) mass is 245 g/mol. The van der Waals surface area contributed by atoms with E-state index in [9.17, 15) is 4.79 Å². The lowest BCUT2D eigenvalue weighted by Gasteiger charge is -2.22. The molecule has 0 amide bonds. The van der Waals surface area contributed by atoms with Crippen LogP contribution in [0.1, 0.15) is 17.3 Å². The number of esters is 1. The summed E-state index contributed by atoms with van der Waals surface area (Å²) in [6.45, 7) is 11.0. The normalized spacial score (nSPS) is 9.61. The maximum atomic E-state index is 11.7. The van der Waals surface area contributed by atoms with Gasteiger partial charge in [-0.3, -0.25) is 0 Å². The standard InChI is InChI=1S/C15H19NO2/c1-4-10-16(11-5-2)14-9-7-8-13(12-14)15(17)18-6-3/h4-5,7-9,12H,1-2,6,10-11H2,3H3. The Bertz CT molecular complexity index is 416. The Balaban J connectivity index is 2.94. The molecule has 18 heavy (non-hydrogen) atoms. The van der Waals surface area contributed by atoms with Crippen LogP contribution in [-0.4, -0.2) is 25.7 Å². The third kappa shape index (κ3) is 3.77. The van der Waals surface area contributed by atoms with Gasteiger partial charge in [0.15, 0.2) is 0 Å². The van der Waals surface area contributed by atoms with Crippen molar-refractivity contribution in [2.75, 3.05) is 24.6 Å². The second-order valence-corrected chi connectivity index (χ2v) is 3.75. The largest absolute Gasteiger partial charge is 0.462 e. The van der Waals surface area contributed by atoms with E-state index in [1.54, 1.807) is 13.0 Å². The Hall–Kier alpha value is -2.03. The minimum atomic E-state index is -0.295. The molecule has 0 heterocycles. The molecule has 0 radical (unpaired) electrons. The molecule has 96 valence electrons. The second-order valence-electron chi connectivity index (χ2n) is 3.75. The summed E-state index contributed by atoms with van der Waals surface area (Å²) in [7, 11) is 0. The summed E-state index contributed by atoms with van der Waals surface area (Å²) >= 11 is 0. The topological polar surface area (TPSA) is 29.5 Å². The van der Waals surface area contributed by atoms with Crippen LogP contribution in [0, 0.1) is 0 Å². The summed E-state index contributed by atoms with van der Waals surface area (Å²) in [6, 6.07) is 7.38. The fraction of sp³-hybridized carbons (Fsp3) is 0.267. The van der Waals surface area contributed by atoms with Gasteiger partial charge in [-0.15, -0.1) is 13.2 Å². The average Bonchev–Trinajstić information content (AvgIpc) is 2.39. The summed E-state index contributed by atoms with van der Waals surface area (Å²) < 4.78 is 4.98. The Morgan fingerprint density at radius 3 is 2.56 bits per heavy atom. The van der Waals surface area contributed by atoms with Gasteiger partial charge in [-0.2, -0.15) is 0 Å². The maximum Gasteiger partial charge on any atom is 0.338 e. The van der Waals surface area contributed by atoms with Crippen LogP contribution in [0.2, 0.25) is 0 Å². The van der Waals surface area contributed by atoms with E-state index in [2.05, 4.69) is 18.1 Å². The molecule has 0 N–H and O–H groups in total. The van der Waals surface area contributed by atoms with E-state index in [1.807, 2.05) is 30.4 Å². The number of carbonyl (C=O) groups excluding carboxylic acids is 1. The lowest BCUT2D eigenvalue weighted by atomic mass is 10.2. The first-order chi connectivity index (χ1) is 8.72. The highest BCUT2D eigenvalue weighted by atomic mass is 16.5. The smallest absolute Gasteiger partial charge is 0.338 e. The van der Waals surface area contributed by atoms with Gasteiger partial charge in [0.05, 0.1) is 12.2 Å². The van der Waals surface area contributed by atoms with Crippen LogP contribution >= 0.6 is 0 Å². The first-order valence-corrected chi connectivity index (χ1v) is 5.96. The molecule has 3 nitrogen and oxygen atoms in total. The molecule has 1 rings (SSSR count). The SMILES string of the molecule is C=CCN(CC=C)c1cccc(C(=O)OCC)c1. The molecule has 3 heteroatoms. The predicted molar refractivity (Wildman–Crippen MR) is 75.0 cm³/mol. The zero-order chi connectivity index (χ0) is 13.4. The van der Waals surface area contributed by atoms with E-state index in [1.165, 1.54) is 0 Å². The molecule has 0 saturated heterocycles. The lowest BCUT2D eigenvalue weighted by Crippen LogP contribution is -2.23. The van der Waals surface area contributed by atoms with E-state index >= 15 is 0 Å². The van der Waals surface area contributed by atoms with Crippen molar-refractivity contribution in [3.8, 4) is 0 Å². The van der Waals surface area contributed by atoms with Crippen molar-refractivity contribution in [1.82, 2.24) is 0 Å². The van der Waals surface area contributed by atoms with Crippen LogP contribution in [0.4, 0.5) is 5.69 Å². The van der Waals surface area contributed by atoms with Crippen molar-refractivity contribution in [3.63, 3.8) is 0 Å². The molecule has 0 saturated carbocycles. The Kier molecular flexibility index (Phi) is 5.71. The molecular formula is C15H19NO2. The highest BCUT2D eigenvalue weighted by Crippen LogP contribution is 2.17. The molecule has 0 aliphatic carbocycles. The summed E-state index contributed by atoms with van der Waals surface area (Å²) in [5.41, 5.74) is 1.52. The molecule has 0 bridgehead atoms. The van der Waals surface area contributed by atoms with Gasteiger partial charge < -0.3 is 9.64 Å². The van der Waals surface area contributed by atoms with Crippen LogP contribution < -0.4 is 4.90 Å². The van der Waals surface area contributed by atoms with Gasteiger partial charge in [0.2, 0.25) is 0 Å². The summed E-state index contributed by atoms with van der Waals surface area (Å²) in [4.78, 5) is 13.7. The Morgan fingerprint density at radius 2 is 2.00 bits per heavy atom. The summed E-state index contributed by atoms with van der Waals surface area (Å²) in [5.74, 6) is -0.295. The molecule has 0 aromatic heterocycles. The average molecular weight is 245 g/mol. The van der Waals surface area contributed by atoms with Gasteiger partial charge in [-0.1, -0.05) is 18.2 Å². The fourth-order valence-corrected chi connectivity index (χ4v) is 1.64. The number of ether oxygens (including phenoxy) is 1. The van der Waals surface area contributed by atoms with Crippen molar-refractivity contribution in [3.05, 3.63) is 55.1 Å². The molecule has 1 aromatic carbocycles. The van der Waals surface area contributed by atoms with E-state index in [0.29, 0.717) is 25.3 Å². The number of rotatable bonds is 7. The number of hydrogen-bond acceptors (Lipinski definition) is 3. The van der Waals surface area contributed by atoms with Crippen molar-refractivity contribution in [2.45, 2.75) is 6.92 Å². The zero-order valence-corrected chi connectivity index (χ0v) is 10.8. The van der Waals surface area contributed by atoms with Crippen molar-refractivity contribution in [1.29, 1.82) is 0 Å². The first kappa shape index (κ1) is 14.0. The van der Waals surface area contributed by atoms with Gasteiger partial charge in [0.1, 0.15) is 0 Å². The first-order valence-electron chi connectivity index (χ1n) is 5.96. The molecule has 0 spiro atoms. The second kappa shape index (κ2) is 7.33. The third-order valence-corrected chi connectivity index (χ3v) is 2.42. The van der Waals surface area contributed by atoms with Crippen LogP contribution in [-0.2, 0) is 4.74 Å². The molecule has 1 aromatic rings. The number of carbonyl (C=O) groups is 1. The molecule has 0 atom stereocenters. The highest BCUT2D eigenvalue weighted by molar-refractivity contribution is 5.90. The highest BCUT2D eigenvalue weighted by Gasteiger charge is 2.09. The van der Waals surface area contributed by atoms with E-state index in [-0.39, 0.29) is 5.97 Å². The molecule has 0 aliphatic rings. The predicted octanol–water partition coefficient (Wildman–Crippen LogP) is 3.04. The summed E-state index contributed by atoms with van der Waals surface area (Å²) in [5, 5.41) is 0. The van der Waals surface area contributed by atoms with E-state index in [0.717, 1.165) is 5.69 Å². The number of benzene rings is 1. The maximum absolute atomic E-state index is 11.7. The van der Waals surface area contributed by atoms with E-state index < -0.39 is 0 Å². The minimum absolute atomic E-state index is 0.295.